The number of fused-ring (bicyclic) bond motifs is 1. The summed E-state index contributed by atoms with van der Waals surface area (Å²) in [7, 11) is -0.423. The highest BCUT2D eigenvalue weighted by atomic mass is 35.5. The molecule has 192 valence electrons. The van der Waals surface area contributed by atoms with Crippen molar-refractivity contribution in [1.82, 2.24) is 9.88 Å². The number of carbonyl (C=O) groups excluding carboxylic acids is 1. The van der Waals surface area contributed by atoms with Crippen LogP contribution < -0.4 is 14.4 Å². The Labute approximate surface area is 217 Å². The van der Waals surface area contributed by atoms with Crippen molar-refractivity contribution in [2.75, 3.05) is 51.1 Å². The van der Waals surface area contributed by atoms with E-state index < -0.39 is 9.84 Å². The van der Waals surface area contributed by atoms with E-state index in [0.717, 1.165) is 17.8 Å². The number of anilines is 1. The molecule has 0 unspecified atom stereocenters. The minimum Gasteiger partial charge on any atom is -0.495 e. The van der Waals surface area contributed by atoms with Crippen LogP contribution in [0.2, 0.25) is 0 Å². The smallest absolute Gasteiger partial charge is 0.229 e. The molecule has 8 nitrogen and oxygen atoms in total. The van der Waals surface area contributed by atoms with E-state index in [1.54, 1.807) is 61.6 Å². The Hall–Kier alpha value is -2.40. The molecule has 0 spiro atoms. The van der Waals surface area contributed by atoms with Gasteiger partial charge in [0.25, 0.3) is 0 Å². The monoisotopic (exact) mass is 541 g/mol. The van der Waals surface area contributed by atoms with Crippen LogP contribution in [0, 0.1) is 0 Å². The third-order valence-electron chi connectivity index (χ3n) is 5.65. The van der Waals surface area contributed by atoms with Crippen molar-refractivity contribution in [2.24, 2.45) is 0 Å². The van der Waals surface area contributed by atoms with Gasteiger partial charge in [-0.3, -0.25) is 9.69 Å². The van der Waals surface area contributed by atoms with Gasteiger partial charge in [0, 0.05) is 19.5 Å². The summed E-state index contributed by atoms with van der Waals surface area (Å²) in [4.78, 5) is 22.0. The first-order valence-electron chi connectivity index (χ1n) is 11.2. The fourth-order valence-electron chi connectivity index (χ4n) is 3.60. The maximum atomic E-state index is 13.3. The molecule has 0 aliphatic carbocycles. The molecule has 3 aromatic rings. The predicted molar refractivity (Wildman–Crippen MR) is 143 cm³/mol. The number of rotatable bonds is 12. The molecule has 3 rings (SSSR count). The van der Waals surface area contributed by atoms with Gasteiger partial charge in [0.2, 0.25) is 5.91 Å². The summed E-state index contributed by atoms with van der Waals surface area (Å²) in [5, 5.41) is 0.493. The highest BCUT2D eigenvalue weighted by Crippen LogP contribution is 2.40. The molecule has 0 atom stereocenters. The molecule has 35 heavy (non-hydrogen) atoms. The average molecular weight is 542 g/mol. The summed E-state index contributed by atoms with van der Waals surface area (Å²) >= 11 is 1.33. The fourth-order valence-corrected chi connectivity index (χ4v) is 5.97. The van der Waals surface area contributed by atoms with Crippen LogP contribution in [0.25, 0.3) is 10.2 Å². The second-order valence-electron chi connectivity index (χ2n) is 7.60. The number of hydrogen-bond acceptors (Lipinski definition) is 8. The number of ether oxygens (including phenoxy) is 2. The molecule has 0 aliphatic rings. The molecule has 1 heterocycles. The standard InChI is InChI=1S/C24H31N3O5S2.ClH/c1-5-26(6-2)15-16-27(21(28)14-17-34(29,30)18-10-8-7-9-11-18)24-25-22-19(31-3)12-13-20(32-4)23(22)33-24;/h7-13H,5-6,14-17H2,1-4H3;1H. The maximum Gasteiger partial charge on any atom is 0.229 e. The van der Waals surface area contributed by atoms with Gasteiger partial charge in [0.05, 0.1) is 24.9 Å². The highest BCUT2D eigenvalue weighted by molar-refractivity contribution is 7.91. The van der Waals surface area contributed by atoms with Gasteiger partial charge < -0.3 is 14.4 Å². The van der Waals surface area contributed by atoms with E-state index in [4.69, 9.17) is 14.5 Å². The van der Waals surface area contributed by atoms with E-state index in [1.807, 2.05) is 0 Å². The number of carbonyl (C=O) groups is 1. The molecule has 0 N–H and O–H groups in total. The third kappa shape index (κ3) is 6.84. The van der Waals surface area contributed by atoms with E-state index >= 15 is 0 Å². The first-order valence-corrected chi connectivity index (χ1v) is 13.6. The van der Waals surface area contributed by atoms with E-state index in [1.165, 1.54) is 11.3 Å². The number of likely N-dealkylation sites (N-methyl/N-ethyl adjacent to an activating group) is 1. The minimum atomic E-state index is -3.57. The van der Waals surface area contributed by atoms with Crippen molar-refractivity contribution >= 4 is 54.8 Å². The van der Waals surface area contributed by atoms with Crippen molar-refractivity contribution in [3.05, 3.63) is 42.5 Å². The molecule has 0 bridgehead atoms. The Balaban J connectivity index is 0.00000432. The fraction of sp³-hybridized carbons (Fsp3) is 0.417. The number of sulfone groups is 1. The second kappa shape index (κ2) is 13.1. The number of nitrogens with zero attached hydrogens (tertiary/aromatic N) is 3. The Morgan fingerprint density at radius 3 is 2.20 bits per heavy atom. The molecule has 1 aromatic heterocycles. The molecule has 0 saturated carbocycles. The van der Waals surface area contributed by atoms with E-state index in [0.29, 0.717) is 35.2 Å². The molecular formula is C24H32ClN3O5S2. The summed E-state index contributed by atoms with van der Waals surface area (Å²) in [6, 6.07) is 11.8. The maximum absolute atomic E-state index is 13.3. The Bertz CT molecular complexity index is 1170. The number of thiazole rings is 1. The van der Waals surface area contributed by atoms with Crippen molar-refractivity contribution < 1.29 is 22.7 Å². The minimum absolute atomic E-state index is 0. The van der Waals surface area contributed by atoms with Gasteiger partial charge >= 0.3 is 0 Å². The Morgan fingerprint density at radius 2 is 1.60 bits per heavy atom. The molecule has 0 aliphatic heterocycles. The quantitative estimate of drug-likeness (QED) is 0.338. The lowest BCUT2D eigenvalue weighted by Crippen LogP contribution is -2.39. The SMILES string of the molecule is CCN(CC)CCN(C(=O)CCS(=O)(=O)c1ccccc1)c1nc2c(OC)ccc(OC)c2s1.Cl. The van der Waals surface area contributed by atoms with Gasteiger partial charge in [-0.25, -0.2) is 13.4 Å². The number of benzene rings is 2. The van der Waals surface area contributed by atoms with Crippen LogP contribution in [-0.4, -0.2) is 70.4 Å². The van der Waals surface area contributed by atoms with Crippen LogP contribution in [0.15, 0.2) is 47.4 Å². The van der Waals surface area contributed by atoms with Gasteiger partial charge in [0.15, 0.2) is 15.0 Å². The number of methoxy groups -OCH3 is 2. The lowest BCUT2D eigenvalue weighted by molar-refractivity contribution is -0.118. The molecule has 2 aromatic carbocycles. The zero-order valence-corrected chi connectivity index (χ0v) is 22.8. The van der Waals surface area contributed by atoms with Crippen LogP contribution in [0.4, 0.5) is 5.13 Å². The highest BCUT2D eigenvalue weighted by Gasteiger charge is 2.25. The zero-order chi connectivity index (χ0) is 24.7. The van der Waals surface area contributed by atoms with Crippen molar-refractivity contribution in [2.45, 2.75) is 25.2 Å². The normalized spacial score (nSPS) is 11.3. The molecule has 0 radical (unpaired) electrons. The van der Waals surface area contributed by atoms with Crippen LogP contribution in [0.1, 0.15) is 20.3 Å². The summed E-state index contributed by atoms with van der Waals surface area (Å²) in [5.41, 5.74) is 0.611. The first-order chi connectivity index (χ1) is 16.3. The third-order valence-corrected chi connectivity index (χ3v) is 8.48. The van der Waals surface area contributed by atoms with E-state index in [-0.39, 0.29) is 35.4 Å². The van der Waals surface area contributed by atoms with Gasteiger partial charge in [-0.2, -0.15) is 0 Å². The lowest BCUT2D eigenvalue weighted by atomic mass is 10.3. The summed E-state index contributed by atoms with van der Waals surface area (Å²) in [5.74, 6) is 0.668. The lowest BCUT2D eigenvalue weighted by Gasteiger charge is -2.24. The van der Waals surface area contributed by atoms with Crippen molar-refractivity contribution in [3.8, 4) is 11.5 Å². The molecule has 0 fully saturated rings. The average Bonchev–Trinajstić information content (AvgIpc) is 3.30. The zero-order valence-electron chi connectivity index (χ0n) is 20.4. The van der Waals surface area contributed by atoms with Gasteiger partial charge in [-0.1, -0.05) is 43.4 Å². The number of halogens is 1. The summed E-state index contributed by atoms with van der Waals surface area (Å²) in [6.07, 6.45) is -0.139. The van der Waals surface area contributed by atoms with Crippen LogP contribution in [0.5, 0.6) is 11.5 Å². The molecular weight excluding hydrogens is 510 g/mol. The number of hydrogen-bond donors (Lipinski definition) is 0. The van der Waals surface area contributed by atoms with Crippen LogP contribution in [0.3, 0.4) is 0 Å². The van der Waals surface area contributed by atoms with Crippen molar-refractivity contribution in [1.29, 1.82) is 0 Å². The summed E-state index contributed by atoms with van der Waals surface area (Å²) < 4.78 is 37.2. The number of aromatic nitrogens is 1. The van der Waals surface area contributed by atoms with Crippen molar-refractivity contribution in [3.63, 3.8) is 0 Å². The second-order valence-corrected chi connectivity index (χ2v) is 10.7. The molecule has 11 heteroatoms. The topological polar surface area (TPSA) is 89.0 Å². The summed E-state index contributed by atoms with van der Waals surface area (Å²) in [6.45, 7) is 6.88. The molecule has 1 amide bonds. The van der Waals surface area contributed by atoms with E-state index in [2.05, 4.69) is 18.7 Å². The molecule has 0 saturated heterocycles. The van der Waals surface area contributed by atoms with Crippen LogP contribution in [-0.2, 0) is 14.6 Å². The van der Waals surface area contributed by atoms with Gasteiger partial charge in [-0.15, -0.1) is 12.4 Å². The van der Waals surface area contributed by atoms with Gasteiger partial charge in [0.1, 0.15) is 21.7 Å². The van der Waals surface area contributed by atoms with Crippen LogP contribution >= 0.6 is 23.7 Å². The Morgan fingerprint density at radius 1 is 0.971 bits per heavy atom. The largest absolute Gasteiger partial charge is 0.495 e. The van der Waals surface area contributed by atoms with Gasteiger partial charge in [-0.05, 0) is 37.4 Å². The number of amides is 1. The Kier molecular flexibility index (Phi) is 10.8. The predicted octanol–water partition coefficient (Wildman–Crippen LogP) is 4.27. The van der Waals surface area contributed by atoms with E-state index in [9.17, 15) is 13.2 Å². The first kappa shape index (κ1) is 28.8.